The number of rotatable bonds is 6. The van der Waals surface area contributed by atoms with Crippen LogP contribution in [0.4, 0.5) is 10.9 Å². The van der Waals surface area contributed by atoms with Crippen LogP contribution in [-0.2, 0) is 0 Å². The number of nitrogens with one attached hydrogen (secondary N) is 1. The smallest absolute Gasteiger partial charge is 0.265 e. The number of allylic oxidation sites excluding steroid dienone is 2. The summed E-state index contributed by atoms with van der Waals surface area (Å²) in [6.07, 6.45) is 8.72. The van der Waals surface area contributed by atoms with Crippen molar-refractivity contribution in [1.82, 2.24) is 10.3 Å². The molecule has 1 heterocycles. The number of thiazole rings is 1. The molecule has 1 aromatic rings. The van der Waals surface area contributed by atoms with E-state index in [2.05, 4.69) is 29.4 Å². The SMILES string of the molecule is CCCN(C)c1nc(N)c(C(=O)NCC2CC=CCC2)s1. The Labute approximate surface area is 130 Å². The van der Waals surface area contributed by atoms with Gasteiger partial charge in [-0.15, -0.1) is 0 Å². The van der Waals surface area contributed by atoms with Crippen molar-refractivity contribution in [3.05, 3.63) is 17.0 Å². The van der Waals surface area contributed by atoms with Crippen LogP contribution < -0.4 is 16.0 Å². The van der Waals surface area contributed by atoms with E-state index in [-0.39, 0.29) is 5.91 Å². The van der Waals surface area contributed by atoms with Crippen LogP contribution in [0.2, 0.25) is 0 Å². The Bertz CT molecular complexity index is 512. The third-order valence-electron chi connectivity index (χ3n) is 3.66. The number of hydrogen-bond donors (Lipinski definition) is 2. The zero-order valence-electron chi connectivity index (χ0n) is 12.8. The fraction of sp³-hybridized carbons (Fsp3) is 0.600. The minimum absolute atomic E-state index is 0.101. The number of aromatic nitrogens is 1. The Hall–Kier alpha value is -1.56. The highest BCUT2D eigenvalue weighted by Crippen LogP contribution is 2.27. The fourth-order valence-corrected chi connectivity index (χ4v) is 3.32. The van der Waals surface area contributed by atoms with Gasteiger partial charge in [-0.2, -0.15) is 0 Å². The van der Waals surface area contributed by atoms with E-state index in [1.807, 2.05) is 11.9 Å². The van der Waals surface area contributed by atoms with Crippen molar-refractivity contribution in [2.75, 3.05) is 30.8 Å². The summed E-state index contributed by atoms with van der Waals surface area (Å²) in [6.45, 7) is 3.72. The molecular formula is C15H24N4OS. The molecule has 0 bridgehead atoms. The number of nitrogens with two attached hydrogens (primary N) is 1. The summed E-state index contributed by atoms with van der Waals surface area (Å²) in [6, 6.07) is 0. The molecule has 0 spiro atoms. The number of carbonyl (C=O) groups excluding carboxylic acids is 1. The second-order valence-electron chi connectivity index (χ2n) is 5.49. The molecule has 0 fully saturated rings. The summed E-state index contributed by atoms with van der Waals surface area (Å²) < 4.78 is 0. The van der Waals surface area contributed by atoms with Gasteiger partial charge in [-0.3, -0.25) is 4.79 Å². The summed E-state index contributed by atoms with van der Waals surface area (Å²) in [5.74, 6) is 0.769. The number of nitrogens with zero attached hydrogens (tertiary/aromatic N) is 2. The van der Waals surface area contributed by atoms with Gasteiger partial charge in [0.2, 0.25) is 0 Å². The predicted molar refractivity (Wildman–Crippen MR) is 88.9 cm³/mol. The maximum Gasteiger partial charge on any atom is 0.265 e. The quantitative estimate of drug-likeness (QED) is 0.793. The topological polar surface area (TPSA) is 71.2 Å². The molecule has 0 aliphatic heterocycles. The Balaban J connectivity index is 1.94. The van der Waals surface area contributed by atoms with Crippen molar-refractivity contribution in [3.8, 4) is 0 Å². The number of anilines is 2. The van der Waals surface area contributed by atoms with Gasteiger partial charge in [0.1, 0.15) is 10.7 Å². The molecule has 1 aliphatic rings. The second kappa shape index (κ2) is 7.45. The predicted octanol–water partition coefficient (Wildman–Crippen LogP) is 2.66. The molecule has 116 valence electrons. The molecule has 1 unspecified atom stereocenters. The highest BCUT2D eigenvalue weighted by atomic mass is 32.1. The first-order valence-electron chi connectivity index (χ1n) is 7.52. The van der Waals surface area contributed by atoms with Gasteiger partial charge in [0.25, 0.3) is 5.91 Å². The molecule has 0 saturated carbocycles. The minimum Gasteiger partial charge on any atom is -0.382 e. The van der Waals surface area contributed by atoms with Crippen LogP contribution in [0.5, 0.6) is 0 Å². The minimum atomic E-state index is -0.101. The van der Waals surface area contributed by atoms with Gasteiger partial charge in [-0.25, -0.2) is 4.98 Å². The van der Waals surface area contributed by atoms with E-state index in [4.69, 9.17) is 5.73 Å². The first kappa shape index (κ1) is 15.8. The van der Waals surface area contributed by atoms with E-state index in [9.17, 15) is 4.79 Å². The van der Waals surface area contributed by atoms with E-state index >= 15 is 0 Å². The lowest BCUT2D eigenvalue weighted by molar-refractivity contribution is 0.0951. The van der Waals surface area contributed by atoms with Crippen LogP contribution >= 0.6 is 11.3 Å². The molecular weight excluding hydrogens is 284 g/mol. The lowest BCUT2D eigenvalue weighted by atomic mass is 9.94. The summed E-state index contributed by atoms with van der Waals surface area (Å²) in [5, 5.41) is 3.80. The highest BCUT2D eigenvalue weighted by Gasteiger charge is 2.19. The van der Waals surface area contributed by atoms with Crippen LogP contribution in [-0.4, -0.2) is 31.0 Å². The van der Waals surface area contributed by atoms with Crippen molar-refractivity contribution in [1.29, 1.82) is 0 Å². The summed E-state index contributed by atoms with van der Waals surface area (Å²) in [7, 11) is 1.97. The average Bonchev–Trinajstić information content (AvgIpc) is 2.88. The standard InChI is InChI=1S/C15H24N4OS/c1-3-9-19(2)15-18-13(16)12(21-15)14(20)17-10-11-7-5-4-6-8-11/h4-5,11H,3,6-10,16H2,1-2H3,(H,17,20). The van der Waals surface area contributed by atoms with Crippen molar-refractivity contribution in [2.24, 2.45) is 5.92 Å². The van der Waals surface area contributed by atoms with E-state index in [1.165, 1.54) is 11.3 Å². The normalized spacial score (nSPS) is 17.7. The molecule has 6 heteroatoms. The van der Waals surface area contributed by atoms with Crippen molar-refractivity contribution < 1.29 is 4.79 Å². The van der Waals surface area contributed by atoms with Gasteiger partial charge in [-0.05, 0) is 31.6 Å². The first-order valence-corrected chi connectivity index (χ1v) is 8.34. The highest BCUT2D eigenvalue weighted by molar-refractivity contribution is 7.18. The Morgan fingerprint density at radius 3 is 3.05 bits per heavy atom. The first-order chi connectivity index (χ1) is 10.1. The van der Waals surface area contributed by atoms with Crippen molar-refractivity contribution in [3.63, 3.8) is 0 Å². The Morgan fingerprint density at radius 1 is 1.57 bits per heavy atom. The van der Waals surface area contributed by atoms with Crippen LogP contribution in [0.25, 0.3) is 0 Å². The lowest BCUT2D eigenvalue weighted by Crippen LogP contribution is -2.29. The van der Waals surface area contributed by atoms with Crippen LogP contribution in [0.1, 0.15) is 42.3 Å². The van der Waals surface area contributed by atoms with Crippen LogP contribution in [0.3, 0.4) is 0 Å². The molecule has 1 aliphatic carbocycles. The third kappa shape index (κ3) is 4.20. The molecule has 5 nitrogen and oxygen atoms in total. The molecule has 0 saturated heterocycles. The van der Waals surface area contributed by atoms with E-state index in [1.54, 1.807) is 0 Å². The number of hydrogen-bond acceptors (Lipinski definition) is 5. The zero-order chi connectivity index (χ0) is 15.2. The van der Waals surface area contributed by atoms with Gasteiger partial charge in [0.05, 0.1) is 0 Å². The molecule has 0 radical (unpaired) electrons. The van der Waals surface area contributed by atoms with Crippen LogP contribution in [0, 0.1) is 5.92 Å². The largest absolute Gasteiger partial charge is 0.382 e. The second-order valence-corrected chi connectivity index (χ2v) is 6.47. The molecule has 21 heavy (non-hydrogen) atoms. The molecule has 1 atom stereocenters. The summed E-state index contributed by atoms with van der Waals surface area (Å²) in [5.41, 5.74) is 5.89. The number of carbonyl (C=O) groups is 1. The zero-order valence-corrected chi connectivity index (χ0v) is 13.6. The lowest BCUT2D eigenvalue weighted by Gasteiger charge is -2.17. The van der Waals surface area contributed by atoms with Gasteiger partial charge in [0, 0.05) is 20.1 Å². The van der Waals surface area contributed by atoms with Gasteiger partial charge >= 0.3 is 0 Å². The summed E-state index contributed by atoms with van der Waals surface area (Å²) in [4.78, 5) is 19.1. The molecule has 1 amide bonds. The van der Waals surface area contributed by atoms with Gasteiger partial charge in [-0.1, -0.05) is 30.4 Å². The van der Waals surface area contributed by atoms with Gasteiger partial charge in [0.15, 0.2) is 5.13 Å². The molecule has 3 N–H and O–H groups in total. The Morgan fingerprint density at radius 2 is 2.38 bits per heavy atom. The van der Waals surface area contributed by atoms with E-state index < -0.39 is 0 Å². The molecule has 0 aromatic carbocycles. The van der Waals surface area contributed by atoms with E-state index in [0.717, 1.165) is 37.4 Å². The third-order valence-corrected chi connectivity index (χ3v) is 4.85. The van der Waals surface area contributed by atoms with Crippen LogP contribution in [0.15, 0.2) is 12.2 Å². The van der Waals surface area contributed by atoms with Gasteiger partial charge < -0.3 is 16.0 Å². The maximum absolute atomic E-state index is 12.2. The molecule has 2 rings (SSSR count). The van der Waals surface area contributed by atoms with Crippen molar-refractivity contribution >= 4 is 28.2 Å². The Kier molecular flexibility index (Phi) is 5.61. The number of amides is 1. The maximum atomic E-state index is 12.2. The molecule has 1 aromatic heterocycles. The van der Waals surface area contributed by atoms with Crippen molar-refractivity contribution in [2.45, 2.75) is 32.6 Å². The monoisotopic (exact) mass is 308 g/mol. The fourth-order valence-electron chi connectivity index (χ4n) is 2.44. The average molecular weight is 308 g/mol. The van der Waals surface area contributed by atoms with E-state index in [0.29, 0.717) is 23.2 Å². The summed E-state index contributed by atoms with van der Waals surface area (Å²) >= 11 is 1.37. The number of nitrogen functional groups attached to an aromatic ring is 1.